The summed E-state index contributed by atoms with van der Waals surface area (Å²) >= 11 is 0. The van der Waals surface area contributed by atoms with Crippen LogP contribution in [0.2, 0.25) is 0 Å². The van der Waals surface area contributed by atoms with Crippen LogP contribution in [0.1, 0.15) is 58.3 Å². The van der Waals surface area contributed by atoms with E-state index in [1.54, 1.807) is 0 Å². The number of carbonyl (C=O) groups is 1. The van der Waals surface area contributed by atoms with Crippen LogP contribution in [0.25, 0.3) is 0 Å². The monoisotopic (exact) mass is 268 g/mol. The molecule has 3 unspecified atom stereocenters. The molecule has 0 aromatic rings. The van der Waals surface area contributed by atoms with E-state index in [1.807, 2.05) is 0 Å². The lowest BCUT2D eigenvalue weighted by atomic mass is 9.75. The molecule has 1 amide bonds. The highest BCUT2D eigenvalue weighted by Gasteiger charge is 2.39. The molecule has 3 N–H and O–H groups in total. The highest BCUT2D eigenvalue weighted by atomic mass is 16.3. The number of carbonyl (C=O) groups excluding carboxylic acids is 1. The molecular formula is C15H28N2O2. The standard InChI is InChI=1S/C15H28N2O2/c1-2-7-15(8-4-9-16-11-15)14(19)17-12-5-3-6-13(18)10-12/h12-13,16,18H,2-11H2,1H3,(H,17,19). The summed E-state index contributed by atoms with van der Waals surface area (Å²) in [7, 11) is 0. The SMILES string of the molecule is CCCC1(C(=O)NC2CCCC(O)C2)CCCNC1. The third-order valence-electron chi connectivity index (χ3n) is 4.66. The highest BCUT2D eigenvalue weighted by Crippen LogP contribution is 2.32. The first kappa shape index (κ1) is 14.8. The Kier molecular flexibility index (Phi) is 5.22. The van der Waals surface area contributed by atoms with Crippen LogP contribution >= 0.6 is 0 Å². The molecule has 3 atom stereocenters. The fourth-order valence-corrected chi connectivity index (χ4v) is 3.60. The van der Waals surface area contributed by atoms with Crippen LogP contribution in [0.3, 0.4) is 0 Å². The van der Waals surface area contributed by atoms with Crippen molar-refractivity contribution in [3.05, 3.63) is 0 Å². The Bertz CT molecular complexity index is 295. The summed E-state index contributed by atoms with van der Waals surface area (Å²) in [5.41, 5.74) is -0.213. The second kappa shape index (κ2) is 6.71. The number of aliphatic hydroxyl groups is 1. The van der Waals surface area contributed by atoms with Crippen LogP contribution in [-0.4, -0.2) is 36.2 Å². The Morgan fingerprint density at radius 1 is 1.42 bits per heavy atom. The van der Waals surface area contributed by atoms with E-state index in [9.17, 15) is 9.90 Å². The minimum Gasteiger partial charge on any atom is -0.393 e. The van der Waals surface area contributed by atoms with Gasteiger partial charge in [0.05, 0.1) is 11.5 Å². The van der Waals surface area contributed by atoms with E-state index in [0.717, 1.165) is 64.5 Å². The summed E-state index contributed by atoms with van der Waals surface area (Å²) in [5.74, 6) is 0.209. The summed E-state index contributed by atoms with van der Waals surface area (Å²) in [6.45, 7) is 3.98. The zero-order chi connectivity index (χ0) is 13.7. The van der Waals surface area contributed by atoms with Crippen molar-refractivity contribution in [3.8, 4) is 0 Å². The maximum Gasteiger partial charge on any atom is 0.227 e. The van der Waals surface area contributed by atoms with Gasteiger partial charge in [-0.05, 0) is 51.5 Å². The van der Waals surface area contributed by atoms with Crippen LogP contribution in [0.5, 0.6) is 0 Å². The quantitative estimate of drug-likeness (QED) is 0.725. The van der Waals surface area contributed by atoms with Crippen LogP contribution in [-0.2, 0) is 4.79 Å². The first-order valence-electron chi connectivity index (χ1n) is 7.86. The van der Waals surface area contributed by atoms with Crippen molar-refractivity contribution in [1.82, 2.24) is 10.6 Å². The fraction of sp³-hybridized carbons (Fsp3) is 0.933. The minimum atomic E-state index is -0.231. The van der Waals surface area contributed by atoms with Crippen LogP contribution in [0.15, 0.2) is 0 Å². The Morgan fingerprint density at radius 2 is 2.26 bits per heavy atom. The lowest BCUT2D eigenvalue weighted by Gasteiger charge is -2.38. The van der Waals surface area contributed by atoms with E-state index in [4.69, 9.17) is 0 Å². The average Bonchev–Trinajstić information content (AvgIpc) is 2.40. The average molecular weight is 268 g/mol. The van der Waals surface area contributed by atoms with E-state index in [0.29, 0.717) is 0 Å². The van der Waals surface area contributed by atoms with E-state index < -0.39 is 0 Å². The third-order valence-corrected chi connectivity index (χ3v) is 4.66. The molecule has 1 aliphatic heterocycles. The maximum absolute atomic E-state index is 12.7. The van der Waals surface area contributed by atoms with Crippen molar-refractivity contribution in [2.75, 3.05) is 13.1 Å². The van der Waals surface area contributed by atoms with Gasteiger partial charge in [-0.25, -0.2) is 0 Å². The van der Waals surface area contributed by atoms with E-state index in [1.165, 1.54) is 0 Å². The Labute approximate surface area is 116 Å². The molecule has 2 aliphatic rings. The van der Waals surface area contributed by atoms with Gasteiger partial charge in [0.2, 0.25) is 5.91 Å². The topological polar surface area (TPSA) is 61.4 Å². The highest BCUT2D eigenvalue weighted by molar-refractivity contribution is 5.83. The van der Waals surface area contributed by atoms with Gasteiger partial charge in [0.1, 0.15) is 0 Å². The molecule has 1 heterocycles. The maximum atomic E-state index is 12.7. The van der Waals surface area contributed by atoms with Crippen molar-refractivity contribution >= 4 is 5.91 Å². The first-order valence-corrected chi connectivity index (χ1v) is 7.86. The number of amides is 1. The van der Waals surface area contributed by atoms with Gasteiger partial charge in [0, 0.05) is 12.6 Å². The van der Waals surface area contributed by atoms with Gasteiger partial charge in [-0.1, -0.05) is 13.3 Å². The molecule has 4 heteroatoms. The summed E-state index contributed by atoms with van der Waals surface area (Å²) in [6.07, 6.45) is 7.49. The first-order chi connectivity index (χ1) is 9.16. The second-order valence-electron chi connectivity index (χ2n) is 6.30. The zero-order valence-corrected chi connectivity index (χ0v) is 12.1. The van der Waals surface area contributed by atoms with Gasteiger partial charge in [0.25, 0.3) is 0 Å². The van der Waals surface area contributed by atoms with E-state index in [2.05, 4.69) is 17.6 Å². The largest absolute Gasteiger partial charge is 0.393 e. The Hall–Kier alpha value is -0.610. The van der Waals surface area contributed by atoms with Crippen LogP contribution in [0.4, 0.5) is 0 Å². The molecular weight excluding hydrogens is 240 g/mol. The van der Waals surface area contributed by atoms with Gasteiger partial charge in [-0.15, -0.1) is 0 Å². The van der Waals surface area contributed by atoms with Crippen LogP contribution in [0, 0.1) is 5.41 Å². The van der Waals surface area contributed by atoms with Gasteiger partial charge in [-0.2, -0.15) is 0 Å². The number of rotatable bonds is 4. The molecule has 0 aromatic carbocycles. The molecule has 0 radical (unpaired) electrons. The molecule has 1 aliphatic carbocycles. The predicted octanol–water partition coefficient (Wildman–Crippen LogP) is 1.58. The number of piperidine rings is 1. The van der Waals surface area contributed by atoms with Gasteiger partial charge in [-0.3, -0.25) is 4.79 Å². The normalized spacial score (nSPS) is 35.9. The van der Waals surface area contributed by atoms with Crippen molar-refractivity contribution in [3.63, 3.8) is 0 Å². The molecule has 19 heavy (non-hydrogen) atoms. The molecule has 2 rings (SSSR count). The number of hydrogen-bond donors (Lipinski definition) is 3. The molecule has 1 saturated carbocycles. The summed E-state index contributed by atoms with van der Waals surface area (Å²) in [6, 6.07) is 0.173. The van der Waals surface area contributed by atoms with Gasteiger partial charge in [0.15, 0.2) is 0 Å². The zero-order valence-electron chi connectivity index (χ0n) is 12.1. The van der Waals surface area contributed by atoms with Crippen molar-refractivity contribution < 1.29 is 9.90 Å². The number of hydrogen-bond acceptors (Lipinski definition) is 3. The Balaban J connectivity index is 1.95. The molecule has 0 bridgehead atoms. The van der Waals surface area contributed by atoms with E-state index >= 15 is 0 Å². The lowest BCUT2D eigenvalue weighted by molar-refractivity contribution is -0.133. The van der Waals surface area contributed by atoms with Gasteiger partial charge >= 0.3 is 0 Å². The summed E-state index contributed by atoms with van der Waals surface area (Å²) in [4.78, 5) is 12.7. The van der Waals surface area contributed by atoms with Gasteiger partial charge < -0.3 is 15.7 Å². The number of nitrogens with one attached hydrogen (secondary N) is 2. The Morgan fingerprint density at radius 3 is 2.89 bits per heavy atom. The molecule has 0 spiro atoms. The van der Waals surface area contributed by atoms with Crippen molar-refractivity contribution in [2.45, 2.75) is 70.4 Å². The molecule has 2 fully saturated rings. The third kappa shape index (κ3) is 3.69. The molecule has 4 nitrogen and oxygen atoms in total. The number of aliphatic hydroxyl groups excluding tert-OH is 1. The lowest BCUT2D eigenvalue weighted by Crippen LogP contribution is -2.53. The molecule has 1 saturated heterocycles. The summed E-state index contributed by atoms with van der Waals surface area (Å²) < 4.78 is 0. The smallest absolute Gasteiger partial charge is 0.227 e. The van der Waals surface area contributed by atoms with E-state index in [-0.39, 0.29) is 23.5 Å². The van der Waals surface area contributed by atoms with Crippen molar-refractivity contribution in [1.29, 1.82) is 0 Å². The fourth-order valence-electron chi connectivity index (χ4n) is 3.60. The van der Waals surface area contributed by atoms with Crippen LogP contribution < -0.4 is 10.6 Å². The molecule has 0 aromatic heterocycles. The summed E-state index contributed by atoms with van der Waals surface area (Å²) in [5, 5.41) is 16.3. The molecule has 110 valence electrons. The second-order valence-corrected chi connectivity index (χ2v) is 6.30. The van der Waals surface area contributed by atoms with Crippen molar-refractivity contribution in [2.24, 2.45) is 5.41 Å². The predicted molar refractivity (Wildman–Crippen MR) is 75.9 cm³/mol. The minimum absolute atomic E-state index is 0.173.